The molecule has 1 heterocycles. The van der Waals surface area contributed by atoms with Crippen LogP contribution in [0.3, 0.4) is 0 Å². The summed E-state index contributed by atoms with van der Waals surface area (Å²) in [6.07, 6.45) is 3.31. The Morgan fingerprint density at radius 1 is 0.741 bits per heavy atom. The lowest BCUT2D eigenvalue weighted by atomic mass is 10.2. The van der Waals surface area contributed by atoms with E-state index in [1.807, 2.05) is 0 Å². The second kappa shape index (κ2) is 9.28. The third-order valence-electron chi connectivity index (χ3n) is 4.80. The maximum atomic E-state index is 5.92. The summed E-state index contributed by atoms with van der Waals surface area (Å²) in [7, 11) is -0.545. The zero-order chi connectivity index (χ0) is 18.3. The smallest absolute Gasteiger partial charge is 0.158 e. The van der Waals surface area contributed by atoms with Crippen molar-refractivity contribution in [3.63, 3.8) is 0 Å². The van der Waals surface area contributed by atoms with Gasteiger partial charge in [-0.2, -0.15) is 0 Å². The van der Waals surface area contributed by atoms with Gasteiger partial charge in [0.05, 0.1) is 6.61 Å². The molecule has 4 rings (SSSR count). The molecule has 138 valence electrons. The standard InChI is InChI=1S/C24H25O2P/c1-3-9-21(10-4-1)27(22-11-5-2-6-12-22)23-16-14-20(15-17-23)19-26-24-13-7-8-18-25-24/h1-6,9-12,14-17,24H,7-8,13,18-19H2. The van der Waals surface area contributed by atoms with E-state index in [4.69, 9.17) is 9.47 Å². The summed E-state index contributed by atoms with van der Waals surface area (Å²) in [5.41, 5.74) is 1.20. The number of hydrogen-bond acceptors (Lipinski definition) is 2. The molecule has 0 spiro atoms. The van der Waals surface area contributed by atoms with Gasteiger partial charge in [0.15, 0.2) is 6.29 Å². The van der Waals surface area contributed by atoms with Crippen LogP contribution in [0.15, 0.2) is 84.9 Å². The van der Waals surface area contributed by atoms with Crippen molar-refractivity contribution in [3.05, 3.63) is 90.5 Å². The molecule has 3 aromatic carbocycles. The molecule has 0 bridgehead atoms. The van der Waals surface area contributed by atoms with Gasteiger partial charge in [0.1, 0.15) is 0 Å². The Kier molecular flexibility index (Phi) is 6.32. The first-order valence-electron chi connectivity index (χ1n) is 9.62. The van der Waals surface area contributed by atoms with Crippen LogP contribution in [0.4, 0.5) is 0 Å². The van der Waals surface area contributed by atoms with Gasteiger partial charge in [0.25, 0.3) is 0 Å². The maximum Gasteiger partial charge on any atom is 0.158 e. The highest BCUT2D eigenvalue weighted by atomic mass is 31.1. The Morgan fingerprint density at radius 2 is 1.33 bits per heavy atom. The van der Waals surface area contributed by atoms with Gasteiger partial charge in [-0.05, 0) is 48.7 Å². The zero-order valence-corrected chi connectivity index (χ0v) is 16.4. The SMILES string of the molecule is c1ccc(P(c2ccccc2)c2ccc(COC3CCCCO3)cc2)cc1. The van der Waals surface area contributed by atoms with E-state index in [1.165, 1.54) is 27.9 Å². The molecule has 0 N–H and O–H groups in total. The summed E-state index contributed by atoms with van der Waals surface area (Å²) < 4.78 is 11.6. The molecule has 1 unspecified atom stereocenters. The van der Waals surface area contributed by atoms with Crippen LogP contribution >= 0.6 is 7.92 Å². The lowest BCUT2D eigenvalue weighted by Crippen LogP contribution is -2.22. The number of ether oxygens (including phenoxy) is 2. The zero-order valence-electron chi connectivity index (χ0n) is 15.5. The second-order valence-electron chi connectivity index (χ2n) is 6.78. The van der Waals surface area contributed by atoms with Crippen molar-refractivity contribution in [2.45, 2.75) is 32.2 Å². The van der Waals surface area contributed by atoms with Crippen molar-refractivity contribution < 1.29 is 9.47 Å². The van der Waals surface area contributed by atoms with Crippen LogP contribution in [0.1, 0.15) is 24.8 Å². The van der Waals surface area contributed by atoms with E-state index in [9.17, 15) is 0 Å². The summed E-state index contributed by atoms with van der Waals surface area (Å²) in [6.45, 7) is 1.43. The molecule has 1 aliphatic rings. The highest BCUT2D eigenvalue weighted by Crippen LogP contribution is 2.32. The number of benzene rings is 3. The summed E-state index contributed by atoms with van der Waals surface area (Å²) in [4.78, 5) is 0. The van der Waals surface area contributed by atoms with E-state index in [0.717, 1.165) is 19.4 Å². The maximum absolute atomic E-state index is 5.92. The first kappa shape index (κ1) is 18.4. The van der Waals surface area contributed by atoms with Gasteiger partial charge < -0.3 is 9.47 Å². The fraction of sp³-hybridized carbons (Fsp3) is 0.250. The van der Waals surface area contributed by atoms with Gasteiger partial charge in [-0.1, -0.05) is 84.9 Å². The molecule has 0 saturated carbocycles. The molecule has 0 aromatic heterocycles. The Hall–Kier alpha value is -1.99. The van der Waals surface area contributed by atoms with Crippen LogP contribution in [0.25, 0.3) is 0 Å². The minimum atomic E-state index is -0.545. The predicted octanol–water partition coefficient (Wildman–Crippen LogP) is 4.49. The Labute approximate surface area is 162 Å². The van der Waals surface area contributed by atoms with E-state index in [0.29, 0.717) is 6.61 Å². The van der Waals surface area contributed by atoms with Gasteiger partial charge >= 0.3 is 0 Å². The second-order valence-corrected chi connectivity index (χ2v) is 9.00. The Balaban J connectivity index is 1.52. The van der Waals surface area contributed by atoms with E-state index < -0.39 is 7.92 Å². The molecule has 0 radical (unpaired) electrons. The lowest BCUT2D eigenvalue weighted by Gasteiger charge is -2.23. The molecule has 1 fully saturated rings. The molecular formula is C24H25O2P. The first-order valence-corrected chi connectivity index (χ1v) is 11.0. The molecule has 3 heteroatoms. The topological polar surface area (TPSA) is 18.5 Å². The predicted molar refractivity (Wildman–Crippen MR) is 114 cm³/mol. The highest BCUT2D eigenvalue weighted by Gasteiger charge is 2.17. The van der Waals surface area contributed by atoms with Crippen LogP contribution < -0.4 is 15.9 Å². The molecule has 2 nitrogen and oxygen atoms in total. The van der Waals surface area contributed by atoms with Gasteiger partial charge in [-0.3, -0.25) is 0 Å². The minimum Gasteiger partial charge on any atom is -0.353 e. The Bertz CT molecular complexity index is 773. The summed E-state index contributed by atoms with van der Waals surface area (Å²) in [6, 6.07) is 30.5. The summed E-state index contributed by atoms with van der Waals surface area (Å²) in [5, 5.41) is 4.11. The monoisotopic (exact) mass is 376 g/mol. The van der Waals surface area contributed by atoms with E-state index in [2.05, 4.69) is 84.9 Å². The van der Waals surface area contributed by atoms with Crippen LogP contribution in [0.2, 0.25) is 0 Å². The van der Waals surface area contributed by atoms with Crippen LogP contribution in [0, 0.1) is 0 Å². The van der Waals surface area contributed by atoms with Gasteiger partial charge in [0, 0.05) is 6.61 Å². The quantitative estimate of drug-likeness (QED) is 0.590. The van der Waals surface area contributed by atoms with E-state index in [1.54, 1.807) is 0 Å². The highest BCUT2D eigenvalue weighted by molar-refractivity contribution is 7.79. The van der Waals surface area contributed by atoms with Gasteiger partial charge in [0.2, 0.25) is 0 Å². The average molecular weight is 376 g/mol. The summed E-state index contributed by atoms with van der Waals surface area (Å²) in [5.74, 6) is 0. The van der Waals surface area contributed by atoms with Crippen LogP contribution in [0.5, 0.6) is 0 Å². The Morgan fingerprint density at radius 3 is 1.89 bits per heavy atom. The first-order chi connectivity index (χ1) is 13.4. The molecule has 1 atom stereocenters. The van der Waals surface area contributed by atoms with E-state index >= 15 is 0 Å². The van der Waals surface area contributed by atoms with Crippen LogP contribution in [-0.2, 0) is 16.1 Å². The van der Waals surface area contributed by atoms with Crippen molar-refractivity contribution in [3.8, 4) is 0 Å². The molecule has 0 amide bonds. The third kappa shape index (κ3) is 4.84. The fourth-order valence-corrected chi connectivity index (χ4v) is 5.66. The van der Waals surface area contributed by atoms with E-state index in [-0.39, 0.29) is 6.29 Å². The van der Waals surface area contributed by atoms with Gasteiger partial charge in [-0.25, -0.2) is 0 Å². The van der Waals surface area contributed by atoms with Crippen molar-refractivity contribution in [1.29, 1.82) is 0 Å². The number of hydrogen-bond donors (Lipinski definition) is 0. The van der Waals surface area contributed by atoms with Crippen molar-refractivity contribution >= 4 is 23.8 Å². The lowest BCUT2D eigenvalue weighted by molar-refractivity contribution is -0.168. The van der Waals surface area contributed by atoms with Crippen molar-refractivity contribution in [2.75, 3.05) is 6.61 Å². The molecule has 3 aromatic rings. The minimum absolute atomic E-state index is 0.0378. The van der Waals surface area contributed by atoms with Crippen molar-refractivity contribution in [2.24, 2.45) is 0 Å². The normalized spacial score (nSPS) is 17.1. The molecule has 1 saturated heterocycles. The molecule has 0 aliphatic carbocycles. The van der Waals surface area contributed by atoms with Crippen LogP contribution in [-0.4, -0.2) is 12.9 Å². The van der Waals surface area contributed by atoms with Gasteiger partial charge in [-0.15, -0.1) is 0 Å². The third-order valence-corrected chi connectivity index (χ3v) is 7.24. The van der Waals surface area contributed by atoms with Crippen molar-refractivity contribution in [1.82, 2.24) is 0 Å². The largest absolute Gasteiger partial charge is 0.353 e. The summed E-state index contributed by atoms with van der Waals surface area (Å²) >= 11 is 0. The molecule has 27 heavy (non-hydrogen) atoms. The molecule has 1 aliphatic heterocycles. The fourth-order valence-electron chi connectivity index (χ4n) is 3.37. The number of rotatable bonds is 6. The average Bonchev–Trinajstić information content (AvgIpc) is 2.76. The molecular weight excluding hydrogens is 351 g/mol.